The molecule has 5 nitrogen and oxygen atoms in total. The predicted molar refractivity (Wildman–Crippen MR) is 81.8 cm³/mol. The van der Waals surface area contributed by atoms with Gasteiger partial charge >= 0.3 is 0 Å². The van der Waals surface area contributed by atoms with Crippen LogP contribution < -0.4 is 5.32 Å². The fourth-order valence-electron chi connectivity index (χ4n) is 2.28. The van der Waals surface area contributed by atoms with Crippen LogP contribution in [-0.4, -0.2) is 20.8 Å². The van der Waals surface area contributed by atoms with Crippen molar-refractivity contribution in [3.8, 4) is 6.07 Å². The summed E-state index contributed by atoms with van der Waals surface area (Å²) in [6.07, 6.45) is 3.67. The molecule has 1 aromatic carbocycles. The van der Waals surface area contributed by atoms with Crippen molar-refractivity contribution in [3.05, 3.63) is 54.4 Å². The van der Waals surface area contributed by atoms with Gasteiger partial charge in [0.2, 0.25) is 0 Å². The lowest BCUT2D eigenvalue weighted by Crippen LogP contribution is -2.23. The van der Waals surface area contributed by atoms with Gasteiger partial charge in [0.25, 0.3) is 0 Å². The topological polar surface area (TPSA) is 66.5 Å². The van der Waals surface area contributed by atoms with Crippen LogP contribution in [0.2, 0.25) is 0 Å². The highest BCUT2D eigenvalue weighted by Crippen LogP contribution is 2.20. The Morgan fingerprint density at radius 2 is 2.19 bits per heavy atom. The van der Waals surface area contributed by atoms with Crippen LogP contribution in [0.1, 0.15) is 12.5 Å². The number of nitriles is 1. The van der Waals surface area contributed by atoms with Gasteiger partial charge in [0.05, 0.1) is 17.6 Å². The van der Waals surface area contributed by atoms with E-state index in [2.05, 4.69) is 21.5 Å². The van der Waals surface area contributed by atoms with E-state index in [4.69, 9.17) is 0 Å². The van der Waals surface area contributed by atoms with Gasteiger partial charge in [0.15, 0.2) is 0 Å². The minimum absolute atomic E-state index is 0.116. The molecular formula is C16H15N5. The summed E-state index contributed by atoms with van der Waals surface area (Å²) in [5, 5.41) is 17.8. The molecule has 1 N–H and O–H groups in total. The Kier molecular flexibility index (Phi) is 3.52. The van der Waals surface area contributed by atoms with Crippen LogP contribution in [-0.2, 0) is 6.54 Å². The van der Waals surface area contributed by atoms with E-state index in [1.165, 1.54) is 0 Å². The Morgan fingerprint density at radius 1 is 1.33 bits per heavy atom. The van der Waals surface area contributed by atoms with Crippen molar-refractivity contribution < 1.29 is 0 Å². The molecule has 3 aromatic rings. The molecule has 1 unspecified atom stereocenters. The maximum absolute atomic E-state index is 9.30. The second-order valence-electron chi connectivity index (χ2n) is 4.96. The highest BCUT2D eigenvalue weighted by molar-refractivity contribution is 5.82. The van der Waals surface area contributed by atoms with E-state index in [-0.39, 0.29) is 6.04 Å². The number of aromatic nitrogens is 3. The minimum atomic E-state index is 0.116. The summed E-state index contributed by atoms with van der Waals surface area (Å²) in [4.78, 5) is 4.55. The Balaban J connectivity index is 1.87. The molecular weight excluding hydrogens is 262 g/mol. The summed E-state index contributed by atoms with van der Waals surface area (Å²) in [5.41, 5.74) is 1.44. The smallest absolute Gasteiger partial charge is 0.144 e. The van der Waals surface area contributed by atoms with Gasteiger partial charge < -0.3 is 5.32 Å². The van der Waals surface area contributed by atoms with E-state index in [0.717, 1.165) is 10.9 Å². The van der Waals surface area contributed by atoms with Crippen molar-refractivity contribution in [2.75, 3.05) is 5.32 Å². The first-order valence-corrected chi connectivity index (χ1v) is 6.80. The van der Waals surface area contributed by atoms with Crippen LogP contribution in [0.25, 0.3) is 10.9 Å². The quantitative estimate of drug-likeness (QED) is 0.796. The number of fused-ring (bicyclic) bond motifs is 1. The van der Waals surface area contributed by atoms with E-state index < -0.39 is 0 Å². The molecule has 3 rings (SSSR count). The van der Waals surface area contributed by atoms with Crippen molar-refractivity contribution in [2.45, 2.75) is 19.5 Å². The largest absolute Gasteiger partial charge is 0.365 e. The lowest BCUT2D eigenvalue weighted by molar-refractivity contribution is 0.560. The van der Waals surface area contributed by atoms with Gasteiger partial charge in [-0.05, 0) is 25.1 Å². The van der Waals surface area contributed by atoms with Gasteiger partial charge in [-0.15, -0.1) is 0 Å². The average Bonchev–Trinajstić information content (AvgIpc) is 2.99. The summed E-state index contributed by atoms with van der Waals surface area (Å²) in [5.74, 6) is 0.621. The fraction of sp³-hybridized carbons (Fsp3) is 0.188. The summed E-state index contributed by atoms with van der Waals surface area (Å²) >= 11 is 0. The molecule has 1 atom stereocenters. The standard InChI is InChI=1S/C16H15N5/c1-12(11-21-8-4-7-18-21)19-16-14(10-17)9-13-5-2-3-6-15(13)20-16/h2-9,12H,11H2,1H3,(H,19,20). The van der Waals surface area contributed by atoms with E-state index in [1.54, 1.807) is 6.20 Å². The van der Waals surface area contributed by atoms with Crippen LogP contribution in [0.3, 0.4) is 0 Å². The molecule has 0 aliphatic rings. The molecule has 0 aliphatic carbocycles. The zero-order valence-corrected chi connectivity index (χ0v) is 11.7. The van der Waals surface area contributed by atoms with Gasteiger partial charge in [0.1, 0.15) is 11.9 Å². The Hall–Kier alpha value is -2.87. The third kappa shape index (κ3) is 2.84. The maximum atomic E-state index is 9.30. The van der Waals surface area contributed by atoms with Crippen LogP contribution in [0.15, 0.2) is 48.8 Å². The van der Waals surface area contributed by atoms with Crippen molar-refractivity contribution in [3.63, 3.8) is 0 Å². The molecule has 104 valence electrons. The van der Waals surface area contributed by atoms with Gasteiger partial charge in [-0.1, -0.05) is 18.2 Å². The number of nitrogens with zero attached hydrogens (tertiary/aromatic N) is 4. The molecule has 0 spiro atoms. The van der Waals surface area contributed by atoms with Gasteiger partial charge in [0, 0.05) is 23.8 Å². The molecule has 0 saturated heterocycles. The molecule has 0 saturated carbocycles. The van der Waals surface area contributed by atoms with Crippen molar-refractivity contribution in [1.29, 1.82) is 5.26 Å². The Morgan fingerprint density at radius 3 is 2.95 bits per heavy atom. The number of benzene rings is 1. The average molecular weight is 277 g/mol. The molecule has 0 radical (unpaired) electrons. The molecule has 0 amide bonds. The first-order chi connectivity index (χ1) is 10.3. The first-order valence-electron chi connectivity index (χ1n) is 6.80. The number of para-hydroxylation sites is 1. The van der Waals surface area contributed by atoms with Gasteiger partial charge in [-0.25, -0.2) is 4.98 Å². The SMILES string of the molecule is CC(Cn1cccn1)Nc1nc2ccccc2cc1C#N. The zero-order valence-electron chi connectivity index (χ0n) is 11.7. The normalized spacial score (nSPS) is 12.0. The fourth-order valence-corrected chi connectivity index (χ4v) is 2.28. The molecule has 0 bridgehead atoms. The lowest BCUT2D eigenvalue weighted by Gasteiger charge is -2.16. The molecule has 2 aromatic heterocycles. The molecule has 21 heavy (non-hydrogen) atoms. The molecule has 0 aliphatic heterocycles. The number of nitrogens with one attached hydrogen (secondary N) is 1. The lowest BCUT2D eigenvalue weighted by atomic mass is 10.1. The van der Waals surface area contributed by atoms with Crippen LogP contribution >= 0.6 is 0 Å². The second kappa shape index (κ2) is 5.63. The molecule has 0 fully saturated rings. The Labute approximate surface area is 122 Å². The van der Waals surface area contributed by atoms with E-state index in [9.17, 15) is 5.26 Å². The Bertz CT molecular complexity index is 786. The van der Waals surface area contributed by atoms with Crippen LogP contribution in [0, 0.1) is 11.3 Å². The summed E-state index contributed by atoms with van der Waals surface area (Å²) < 4.78 is 1.85. The van der Waals surface area contributed by atoms with E-state index in [0.29, 0.717) is 17.9 Å². The summed E-state index contributed by atoms with van der Waals surface area (Å²) in [7, 11) is 0. The monoisotopic (exact) mass is 277 g/mol. The van der Waals surface area contributed by atoms with Gasteiger partial charge in [-0.2, -0.15) is 10.4 Å². The summed E-state index contributed by atoms with van der Waals surface area (Å²) in [6.45, 7) is 2.76. The molecule has 2 heterocycles. The zero-order chi connectivity index (χ0) is 14.7. The third-order valence-electron chi connectivity index (χ3n) is 3.25. The number of hydrogen-bond acceptors (Lipinski definition) is 4. The summed E-state index contributed by atoms with van der Waals surface area (Å²) in [6, 6.07) is 13.9. The number of anilines is 1. The van der Waals surface area contributed by atoms with Gasteiger partial charge in [-0.3, -0.25) is 4.68 Å². The third-order valence-corrected chi connectivity index (χ3v) is 3.25. The van der Waals surface area contributed by atoms with Crippen molar-refractivity contribution in [2.24, 2.45) is 0 Å². The number of rotatable bonds is 4. The number of hydrogen-bond donors (Lipinski definition) is 1. The van der Waals surface area contributed by atoms with E-state index >= 15 is 0 Å². The number of pyridine rings is 1. The highest BCUT2D eigenvalue weighted by atomic mass is 15.3. The predicted octanol–water partition coefficient (Wildman–Crippen LogP) is 2.80. The van der Waals surface area contributed by atoms with Crippen molar-refractivity contribution in [1.82, 2.24) is 14.8 Å². The van der Waals surface area contributed by atoms with Crippen LogP contribution in [0.5, 0.6) is 0 Å². The second-order valence-corrected chi connectivity index (χ2v) is 4.96. The van der Waals surface area contributed by atoms with Crippen molar-refractivity contribution >= 4 is 16.7 Å². The highest BCUT2D eigenvalue weighted by Gasteiger charge is 2.10. The maximum Gasteiger partial charge on any atom is 0.144 e. The first kappa shape index (κ1) is 13.1. The molecule has 5 heteroatoms. The van der Waals surface area contributed by atoms with Crippen LogP contribution in [0.4, 0.5) is 5.82 Å². The minimum Gasteiger partial charge on any atom is -0.365 e. The van der Waals surface area contributed by atoms with E-state index in [1.807, 2.05) is 54.2 Å².